The number of likely N-dealkylation sites (tertiary alicyclic amines) is 1. The molecule has 9 nitrogen and oxygen atoms in total. The molecule has 1 aromatic rings. The fourth-order valence-electron chi connectivity index (χ4n) is 8.96. The van der Waals surface area contributed by atoms with Gasteiger partial charge < -0.3 is 29.9 Å². The van der Waals surface area contributed by atoms with Crippen molar-refractivity contribution in [2.45, 2.75) is 107 Å². The van der Waals surface area contributed by atoms with Gasteiger partial charge in [-0.25, -0.2) is 0 Å². The molecule has 0 amide bonds. The molecule has 4 aliphatic rings. The third-order valence-electron chi connectivity index (χ3n) is 11.3. The Hall–Kier alpha value is -1.85. The average Bonchev–Trinajstić information content (AvgIpc) is 2.93. The number of fused-ring (bicyclic) bond motifs is 3. The van der Waals surface area contributed by atoms with Gasteiger partial charge in [0, 0.05) is 30.8 Å². The summed E-state index contributed by atoms with van der Waals surface area (Å²) >= 11 is 0. The summed E-state index contributed by atoms with van der Waals surface area (Å²) in [7, 11) is 0. The quantitative estimate of drug-likeness (QED) is 0.289. The van der Waals surface area contributed by atoms with Crippen molar-refractivity contribution in [1.82, 2.24) is 4.90 Å². The fraction of sp³-hybridized carbons (Fsp3) is 0.697. The highest BCUT2D eigenvalue weighted by Gasteiger charge is 2.81. The van der Waals surface area contributed by atoms with Gasteiger partial charge in [-0.15, -0.1) is 19.0 Å². The maximum absolute atomic E-state index is 14.0. The maximum atomic E-state index is 14.0. The van der Waals surface area contributed by atoms with Crippen molar-refractivity contribution in [2.75, 3.05) is 19.6 Å². The van der Waals surface area contributed by atoms with Crippen LogP contribution in [0.25, 0.3) is 0 Å². The molecule has 240 valence electrons. The van der Waals surface area contributed by atoms with Crippen LogP contribution in [0.5, 0.6) is 0 Å². The van der Waals surface area contributed by atoms with Crippen molar-refractivity contribution in [2.24, 2.45) is 16.7 Å². The number of nitrogens with zero attached hydrogens (tertiary/aromatic N) is 1. The summed E-state index contributed by atoms with van der Waals surface area (Å²) in [4.78, 5) is 29.5. The zero-order chi connectivity index (χ0) is 30.9. The van der Waals surface area contributed by atoms with Crippen LogP contribution in [0.3, 0.4) is 0 Å². The number of aliphatic hydroxyl groups excluding tert-OH is 2. The van der Waals surface area contributed by atoms with Crippen LogP contribution in [-0.2, 0) is 24.7 Å². The van der Waals surface area contributed by atoms with Crippen molar-refractivity contribution in [3.8, 4) is 0 Å². The highest BCUT2D eigenvalue weighted by Crippen LogP contribution is 2.67. The zero-order valence-electron chi connectivity index (χ0n) is 25.9. The Morgan fingerprint density at radius 2 is 1.67 bits per heavy atom. The largest absolute Gasteiger partial charge is 0.455 e. The van der Waals surface area contributed by atoms with E-state index in [2.05, 4.69) is 6.58 Å². The Morgan fingerprint density at radius 3 is 2.26 bits per heavy atom. The molecular formula is C33H48ClNO8. The number of benzene rings is 1. The van der Waals surface area contributed by atoms with Crippen LogP contribution in [0.15, 0.2) is 43.0 Å². The number of ether oxygens (including phenoxy) is 2. The second kappa shape index (κ2) is 11.2. The van der Waals surface area contributed by atoms with Gasteiger partial charge in [0.2, 0.25) is 0 Å². The van der Waals surface area contributed by atoms with E-state index in [1.807, 2.05) is 49.1 Å². The third-order valence-corrected chi connectivity index (χ3v) is 11.3. The van der Waals surface area contributed by atoms with Crippen molar-refractivity contribution >= 4 is 24.2 Å². The monoisotopic (exact) mass is 621 g/mol. The number of hydrogen-bond acceptors (Lipinski definition) is 9. The van der Waals surface area contributed by atoms with Crippen molar-refractivity contribution in [3.05, 3.63) is 48.6 Å². The topological polar surface area (TPSA) is 137 Å². The molecule has 4 fully saturated rings. The number of carbonyl (C=O) groups excluding carboxylic acids is 2. The number of piperidine rings is 1. The molecule has 2 aliphatic heterocycles. The summed E-state index contributed by atoms with van der Waals surface area (Å²) < 4.78 is 12.5. The van der Waals surface area contributed by atoms with Gasteiger partial charge in [0.15, 0.2) is 17.5 Å². The lowest BCUT2D eigenvalue weighted by atomic mass is 9.40. The number of aliphatic hydroxyl groups is 4. The summed E-state index contributed by atoms with van der Waals surface area (Å²) in [5, 5.41) is 47.2. The molecule has 8 atom stereocenters. The maximum Gasteiger partial charge on any atom is 0.320 e. The van der Waals surface area contributed by atoms with Crippen LogP contribution < -0.4 is 0 Å². The summed E-state index contributed by atoms with van der Waals surface area (Å²) in [6, 6.07) is 9.48. The molecule has 10 heteroatoms. The van der Waals surface area contributed by atoms with E-state index < -0.39 is 69.2 Å². The van der Waals surface area contributed by atoms with Gasteiger partial charge in [-0.3, -0.25) is 14.5 Å². The predicted octanol–water partition coefficient (Wildman–Crippen LogP) is 2.91. The SMILES string of the molecule is C=C[C@@]1(C)CC(=O)[C@]2(O)C3(C)C(C(O)C(OC(=O)CN4CCC(O)(c5ccccc5)CC4)[C@@]2(C)O1)C(C)(C)CC[C@@H]3O.Cl. The summed E-state index contributed by atoms with van der Waals surface area (Å²) in [5.74, 6) is -1.94. The normalized spacial score (nSPS) is 42.1. The van der Waals surface area contributed by atoms with E-state index in [4.69, 9.17) is 9.47 Å². The lowest BCUT2D eigenvalue weighted by Crippen LogP contribution is -2.86. The first kappa shape index (κ1) is 34.0. The van der Waals surface area contributed by atoms with Crippen LogP contribution in [0.4, 0.5) is 0 Å². The Kier molecular flexibility index (Phi) is 8.86. The van der Waals surface area contributed by atoms with Gasteiger partial charge in [0.1, 0.15) is 5.60 Å². The van der Waals surface area contributed by atoms with Crippen LogP contribution in [0.1, 0.15) is 72.3 Å². The van der Waals surface area contributed by atoms with E-state index in [0.717, 1.165) is 5.56 Å². The molecule has 1 aromatic carbocycles. The third kappa shape index (κ3) is 5.00. The second-order valence-corrected chi connectivity index (χ2v) is 14.4. The number of hydrogen-bond donors (Lipinski definition) is 4. The number of ketones is 1. The molecule has 0 bridgehead atoms. The van der Waals surface area contributed by atoms with Gasteiger partial charge in [-0.2, -0.15) is 0 Å². The van der Waals surface area contributed by atoms with Gasteiger partial charge in [-0.1, -0.05) is 57.2 Å². The Labute approximate surface area is 260 Å². The highest BCUT2D eigenvalue weighted by molar-refractivity contribution is 5.92. The molecule has 4 unspecified atom stereocenters. The number of carbonyl (C=O) groups is 2. The van der Waals surface area contributed by atoms with Gasteiger partial charge in [-0.05, 0) is 50.5 Å². The summed E-state index contributed by atoms with van der Waals surface area (Å²) in [5.41, 5.74) is -7.52. The minimum atomic E-state index is -2.26. The lowest BCUT2D eigenvalue weighted by Gasteiger charge is -2.71. The Balaban J connectivity index is 0.00000423. The first-order valence-corrected chi connectivity index (χ1v) is 15.1. The fourth-order valence-corrected chi connectivity index (χ4v) is 8.96. The zero-order valence-corrected chi connectivity index (χ0v) is 26.7. The molecule has 2 heterocycles. The molecule has 2 saturated heterocycles. The second-order valence-electron chi connectivity index (χ2n) is 14.4. The predicted molar refractivity (Wildman–Crippen MR) is 162 cm³/mol. The minimum Gasteiger partial charge on any atom is -0.455 e. The number of halogens is 1. The molecular weight excluding hydrogens is 574 g/mol. The molecule has 4 N–H and O–H groups in total. The van der Waals surface area contributed by atoms with Crippen LogP contribution in [0.2, 0.25) is 0 Å². The number of Topliss-reactive ketones (excluding diaryl/α,β-unsaturated/α-hetero) is 1. The average molecular weight is 622 g/mol. The highest BCUT2D eigenvalue weighted by atomic mass is 35.5. The summed E-state index contributed by atoms with van der Waals surface area (Å²) in [6.07, 6.45) is -0.743. The first-order valence-electron chi connectivity index (χ1n) is 15.1. The van der Waals surface area contributed by atoms with E-state index in [9.17, 15) is 30.0 Å². The van der Waals surface area contributed by atoms with E-state index >= 15 is 0 Å². The smallest absolute Gasteiger partial charge is 0.320 e. The van der Waals surface area contributed by atoms with E-state index in [0.29, 0.717) is 38.8 Å². The Bertz CT molecular complexity index is 1230. The van der Waals surface area contributed by atoms with Crippen LogP contribution in [-0.4, -0.2) is 91.8 Å². The molecule has 2 saturated carbocycles. The number of rotatable bonds is 5. The molecule has 5 rings (SSSR count). The lowest BCUT2D eigenvalue weighted by molar-refractivity contribution is -0.370. The first-order chi connectivity index (χ1) is 19.5. The molecule has 0 spiro atoms. The van der Waals surface area contributed by atoms with E-state index in [1.165, 1.54) is 13.0 Å². The molecule has 2 aliphatic carbocycles. The van der Waals surface area contributed by atoms with Crippen LogP contribution >= 0.6 is 12.4 Å². The van der Waals surface area contributed by atoms with Gasteiger partial charge in [0.25, 0.3) is 0 Å². The van der Waals surface area contributed by atoms with E-state index in [1.54, 1.807) is 13.8 Å². The number of esters is 1. The van der Waals surface area contributed by atoms with Gasteiger partial charge in [0.05, 0.1) is 30.0 Å². The molecule has 0 radical (unpaired) electrons. The van der Waals surface area contributed by atoms with Crippen molar-refractivity contribution in [3.63, 3.8) is 0 Å². The van der Waals surface area contributed by atoms with Crippen molar-refractivity contribution < 1.29 is 39.5 Å². The van der Waals surface area contributed by atoms with Gasteiger partial charge >= 0.3 is 5.97 Å². The molecule has 0 aromatic heterocycles. The standard InChI is InChI=1S/C33H47NO8.ClH/c1-7-29(4)19-23(36)33(40)30(5)22(35)13-14-28(2,3)26(30)25(38)27(31(33,6)42-29)41-24(37)20-34-17-15-32(39,16-18-34)21-11-9-8-10-12-21;/h7-12,22,25-27,35,38-40H,1,13-20H2,2-6H3;1H/t22-,25?,26?,27?,29-,30?,31+,33-;/m0./s1. The minimum absolute atomic E-state index is 0. The molecule has 43 heavy (non-hydrogen) atoms. The Morgan fingerprint density at radius 1 is 1.07 bits per heavy atom. The van der Waals surface area contributed by atoms with Crippen LogP contribution in [0, 0.1) is 16.7 Å². The van der Waals surface area contributed by atoms with Crippen molar-refractivity contribution in [1.29, 1.82) is 0 Å². The summed E-state index contributed by atoms with van der Waals surface area (Å²) in [6.45, 7) is 13.4. The van der Waals surface area contributed by atoms with E-state index in [-0.39, 0.29) is 25.4 Å².